The summed E-state index contributed by atoms with van der Waals surface area (Å²) in [7, 11) is 0. The number of hydrogen-bond acceptors (Lipinski definition) is 6. The van der Waals surface area contributed by atoms with Gasteiger partial charge in [0.05, 0.1) is 17.1 Å². The average molecular weight is 522 g/mol. The molecule has 7 nitrogen and oxygen atoms in total. The maximum atomic E-state index is 15.2. The maximum Gasteiger partial charge on any atom is 0.387 e. The third kappa shape index (κ3) is 4.27. The highest BCUT2D eigenvalue weighted by atomic mass is 19.3. The van der Waals surface area contributed by atoms with E-state index in [1.165, 1.54) is 12.1 Å². The van der Waals surface area contributed by atoms with Gasteiger partial charge in [0.1, 0.15) is 23.7 Å². The van der Waals surface area contributed by atoms with Crippen LogP contribution in [0.2, 0.25) is 0 Å². The molecule has 2 aliphatic heterocycles. The number of nitrogens with zero attached hydrogens (tertiary/aromatic N) is 5. The molecule has 1 saturated heterocycles. The van der Waals surface area contributed by atoms with Gasteiger partial charge < -0.3 is 19.0 Å². The molecule has 2 aromatic carbocycles. The SMILES string of the molecule is CC1(C=O)CCN(c2ncc(-c3cc4c(cc3F)nc3n4C(c4ccccc4OC(F)F)CC3)cn2)CC1. The number of benzene rings is 2. The predicted octanol–water partition coefficient (Wildman–Crippen LogP) is 5.57. The molecule has 1 fully saturated rings. The molecule has 4 heterocycles. The number of anilines is 1. The quantitative estimate of drug-likeness (QED) is 0.309. The summed E-state index contributed by atoms with van der Waals surface area (Å²) in [5.74, 6) is 1.000. The summed E-state index contributed by atoms with van der Waals surface area (Å²) < 4.78 is 48.1. The van der Waals surface area contributed by atoms with Crippen molar-refractivity contribution in [3.05, 3.63) is 66.0 Å². The van der Waals surface area contributed by atoms with E-state index in [9.17, 15) is 13.6 Å². The van der Waals surface area contributed by atoms with E-state index in [0.29, 0.717) is 59.6 Å². The van der Waals surface area contributed by atoms with Crippen molar-refractivity contribution in [2.75, 3.05) is 18.0 Å². The fourth-order valence-corrected chi connectivity index (χ4v) is 5.52. The fraction of sp³-hybridized carbons (Fsp3) is 0.357. The normalized spacial score (nSPS) is 18.7. The van der Waals surface area contributed by atoms with Crippen molar-refractivity contribution in [2.24, 2.45) is 5.41 Å². The number of ether oxygens (including phenoxy) is 1. The van der Waals surface area contributed by atoms with E-state index in [-0.39, 0.29) is 17.2 Å². The molecule has 2 aromatic heterocycles. The van der Waals surface area contributed by atoms with Crippen LogP contribution in [0.3, 0.4) is 0 Å². The molecule has 196 valence electrons. The highest BCUT2D eigenvalue weighted by molar-refractivity contribution is 5.83. The van der Waals surface area contributed by atoms with Gasteiger partial charge in [0, 0.05) is 60.1 Å². The first-order valence-electron chi connectivity index (χ1n) is 12.6. The average Bonchev–Trinajstić information content (AvgIpc) is 3.48. The molecule has 1 unspecified atom stereocenters. The maximum absolute atomic E-state index is 15.2. The van der Waals surface area contributed by atoms with E-state index in [2.05, 4.69) is 15.0 Å². The van der Waals surface area contributed by atoms with Gasteiger partial charge in [-0.2, -0.15) is 8.78 Å². The Morgan fingerprint density at radius 1 is 1.13 bits per heavy atom. The van der Waals surface area contributed by atoms with E-state index in [4.69, 9.17) is 4.74 Å². The molecule has 0 aliphatic carbocycles. The van der Waals surface area contributed by atoms with Crippen molar-refractivity contribution < 1.29 is 22.7 Å². The van der Waals surface area contributed by atoms with Gasteiger partial charge in [0.2, 0.25) is 5.95 Å². The number of carbonyl (C=O) groups excluding carboxylic acids is 1. The van der Waals surface area contributed by atoms with Crippen molar-refractivity contribution in [1.29, 1.82) is 0 Å². The number of alkyl halides is 2. The van der Waals surface area contributed by atoms with Crippen LogP contribution in [-0.4, -0.2) is 45.5 Å². The van der Waals surface area contributed by atoms with Crippen LogP contribution in [0, 0.1) is 11.2 Å². The van der Waals surface area contributed by atoms with Crippen molar-refractivity contribution in [1.82, 2.24) is 19.5 Å². The highest BCUT2D eigenvalue weighted by Gasteiger charge is 2.32. The number of rotatable bonds is 6. The lowest BCUT2D eigenvalue weighted by Gasteiger charge is -2.35. The minimum Gasteiger partial charge on any atom is -0.434 e. The largest absolute Gasteiger partial charge is 0.434 e. The van der Waals surface area contributed by atoms with Crippen LogP contribution >= 0.6 is 0 Å². The van der Waals surface area contributed by atoms with Crippen molar-refractivity contribution in [2.45, 2.75) is 45.3 Å². The second-order valence-electron chi connectivity index (χ2n) is 10.2. The number of aryl methyl sites for hydroxylation is 1. The molecule has 0 saturated carbocycles. The number of hydrogen-bond donors (Lipinski definition) is 0. The number of carbonyl (C=O) groups is 1. The molecule has 10 heteroatoms. The number of halogens is 3. The first kappa shape index (κ1) is 24.4. The molecular formula is C28H26F3N5O2. The molecule has 1 atom stereocenters. The van der Waals surface area contributed by atoms with Gasteiger partial charge in [-0.3, -0.25) is 0 Å². The van der Waals surface area contributed by atoms with Crippen LogP contribution in [0.4, 0.5) is 19.1 Å². The lowest BCUT2D eigenvalue weighted by atomic mass is 9.82. The molecule has 0 spiro atoms. The molecule has 0 amide bonds. The van der Waals surface area contributed by atoms with Crippen molar-refractivity contribution >= 4 is 23.3 Å². The zero-order chi connectivity index (χ0) is 26.4. The van der Waals surface area contributed by atoms with Gasteiger partial charge in [0.15, 0.2) is 0 Å². The van der Waals surface area contributed by atoms with Crippen LogP contribution in [0.25, 0.3) is 22.2 Å². The van der Waals surface area contributed by atoms with E-state index in [1.807, 2.05) is 16.4 Å². The van der Waals surface area contributed by atoms with Crippen LogP contribution < -0.4 is 9.64 Å². The Labute approximate surface area is 217 Å². The molecule has 0 radical (unpaired) electrons. The fourth-order valence-electron chi connectivity index (χ4n) is 5.52. The third-order valence-electron chi connectivity index (χ3n) is 7.72. The third-order valence-corrected chi connectivity index (χ3v) is 7.72. The Morgan fingerprint density at radius 2 is 1.87 bits per heavy atom. The molecule has 0 N–H and O–H groups in total. The first-order chi connectivity index (χ1) is 18.3. The minimum atomic E-state index is -2.93. The van der Waals surface area contributed by atoms with Crippen LogP contribution in [0.15, 0.2) is 48.8 Å². The Kier molecular flexibility index (Phi) is 6.04. The number of fused-ring (bicyclic) bond motifs is 3. The highest BCUT2D eigenvalue weighted by Crippen LogP contribution is 2.41. The van der Waals surface area contributed by atoms with Gasteiger partial charge in [0.25, 0.3) is 0 Å². The van der Waals surface area contributed by atoms with Gasteiger partial charge >= 0.3 is 6.61 Å². The van der Waals surface area contributed by atoms with E-state index in [1.54, 1.807) is 36.7 Å². The van der Waals surface area contributed by atoms with Gasteiger partial charge in [-0.15, -0.1) is 0 Å². The zero-order valence-electron chi connectivity index (χ0n) is 20.8. The molecular weight excluding hydrogens is 495 g/mol. The number of imidazole rings is 1. The van der Waals surface area contributed by atoms with Crippen LogP contribution in [0.5, 0.6) is 5.75 Å². The summed E-state index contributed by atoms with van der Waals surface area (Å²) in [4.78, 5) is 27.0. The summed E-state index contributed by atoms with van der Waals surface area (Å²) in [5.41, 5.74) is 2.39. The van der Waals surface area contributed by atoms with Gasteiger partial charge in [-0.25, -0.2) is 19.3 Å². The summed E-state index contributed by atoms with van der Waals surface area (Å²) >= 11 is 0. The monoisotopic (exact) mass is 521 g/mol. The Balaban J connectivity index is 1.33. The molecule has 0 bridgehead atoms. The van der Waals surface area contributed by atoms with E-state index in [0.717, 1.165) is 25.0 Å². The Hall–Kier alpha value is -3.95. The van der Waals surface area contributed by atoms with Crippen molar-refractivity contribution in [3.8, 4) is 16.9 Å². The van der Waals surface area contributed by atoms with Gasteiger partial charge in [-0.1, -0.05) is 25.1 Å². The number of aromatic nitrogens is 4. The summed E-state index contributed by atoms with van der Waals surface area (Å²) in [5, 5.41) is 0. The van der Waals surface area contributed by atoms with Gasteiger partial charge in [-0.05, 0) is 31.4 Å². The standard InChI is InChI=1S/C28H26F3N5O2/c1-28(16-37)8-10-35(11-9-28)27-32-14-17(15-33-27)19-12-23-21(13-20(19)29)34-25-7-6-22(36(23)25)18-4-2-3-5-24(18)38-26(30)31/h2-5,12-16,22,26H,6-11H2,1H3. The van der Waals surface area contributed by atoms with E-state index < -0.39 is 12.4 Å². The molecule has 38 heavy (non-hydrogen) atoms. The smallest absolute Gasteiger partial charge is 0.387 e. The summed E-state index contributed by atoms with van der Waals surface area (Å²) in [6, 6.07) is 9.61. The number of piperidine rings is 1. The summed E-state index contributed by atoms with van der Waals surface area (Å²) in [6.45, 7) is 0.381. The lowest BCUT2D eigenvalue weighted by molar-refractivity contribution is -0.116. The zero-order valence-corrected chi connectivity index (χ0v) is 20.8. The predicted molar refractivity (Wildman–Crippen MR) is 136 cm³/mol. The second kappa shape index (κ2) is 9.41. The number of aldehydes is 1. The van der Waals surface area contributed by atoms with Crippen LogP contribution in [0.1, 0.15) is 43.6 Å². The van der Waals surface area contributed by atoms with E-state index >= 15 is 4.39 Å². The lowest BCUT2D eigenvalue weighted by Crippen LogP contribution is -2.40. The van der Waals surface area contributed by atoms with Crippen molar-refractivity contribution in [3.63, 3.8) is 0 Å². The summed E-state index contributed by atoms with van der Waals surface area (Å²) in [6.07, 6.45) is 6.99. The Bertz CT molecular complexity index is 1500. The minimum absolute atomic E-state index is 0.125. The first-order valence-corrected chi connectivity index (χ1v) is 12.6. The topological polar surface area (TPSA) is 73.1 Å². The Morgan fingerprint density at radius 3 is 2.58 bits per heavy atom. The van der Waals surface area contributed by atoms with Crippen LogP contribution in [-0.2, 0) is 11.2 Å². The molecule has 4 aromatic rings. The second-order valence-corrected chi connectivity index (χ2v) is 10.2. The molecule has 2 aliphatic rings. The number of para-hydroxylation sites is 1. The molecule has 6 rings (SSSR count).